The molecule has 0 saturated carbocycles. The van der Waals surface area contributed by atoms with Crippen LogP contribution in [0.15, 0.2) is 41.6 Å². The highest BCUT2D eigenvalue weighted by molar-refractivity contribution is 7.89. The number of nitrogens with zero attached hydrogens (tertiary/aromatic N) is 3. The SMILES string of the molecule is O=S(=O)(NC1CCN(c2ncccn2)CC1)c1ccc(F)c(F)c1. The molecule has 1 aliphatic heterocycles. The lowest BCUT2D eigenvalue weighted by molar-refractivity contribution is 0.455. The summed E-state index contributed by atoms with van der Waals surface area (Å²) in [7, 11) is -3.89. The fraction of sp³-hybridized carbons (Fsp3) is 0.333. The van der Waals surface area contributed by atoms with Crippen LogP contribution < -0.4 is 9.62 Å². The van der Waals surface area contributed by atoms with Gasteiger partial charge in [0.2, 0.25) is 16.0 Å². The van der Waals surface area contributed by atoms with E-state index in [0.717, 1.165) is 12.1 Å². The molecule has 1 N–H and O–H groups in total. The van der Waals surface area contributed by atoms with Crippen molar-refractivity contribution in [2.75, 3.05) is 18.0 Å². The summed E-state index contributed by atoms with van der Waals surface area (Å²) in [5.41, 5.74) is 0. The Bertz CT molecular complexity index is 809. The second kappa shape index (κ2) is 6.78. The molecule has 1 aromatic heterocycles. The van der Waals surface area contributed by atoms with E-state index in [2.05, 4.69) is 14.7 Å². The van der Waals surface area contributed by atoms with Gasteiger partial charge in [0, 0.05) is 31.5 Å². The summed E-state index contributed by atoms with van der Waals surface area (Å²) in [5, 5.41) is 0. The molecule has 3 rings (SSSR count). The number of anilines is 1. The molecule has 0 amide bonds. The molecular formula is C15H16F2N4O2S. The molecule has 0 bridgehead atoms. The molecule has 0 atom stereocenters. The first kappa shape index (κ1) is 16.7. The zero-order valence-electron chi connectivity index (χ0n) is 12.7. The number of nitrogens with one attached hydrogen (secondary N) is 1. The van der Waals surface area contributed by atoms with Crippen molar-refractivity contribution in [2.45, 2.75) is 23.8 Å². The van der Waals surface area contributed by atoms with Gasteiger partial charge in [-0.05, 0) is 37.1 Å². The number of aromatic nitrogens is 2. The van der Waals surface area contributed by atoms with E-state index in [9.17, 15) is 17.2 Å². The lowest BCUT2D eigenvalue weighted by Crippen LogP contribution is -2.45. The highest BCUT2D eigenvalue weighted by Crippen LogP contribution is 2.19. The highest BCUT2D eigenvalue weighted by Gasteiger charge is 2.26. The molecule has 2 heterocycles. The molecule has 1 saturated heterocycles. The molecular weight excluding hydrogens is 338 g/mol. The Kier molecular flexibility index (Phi) is 4.72. The number of rotatable bonds is 4. The molecule has 0 aliphatic carbocycles. The number of hydrogen-bond acceptors (Lipinski definition) is 5. The van der Waals surface area contributed by atoms with Crippen LogP contribution in [-0.2, 0) is 10.0 Å². The first-order valence-electron chi connectivity index (χ1n) is 7.45. The maximum Gasteiger partial charge on any atom is 0.240 e. The minimum absolute atomic E-state index is 0.275. The van der Waals surface area contributed by atoms with Crippen LogP contribution in [0.2, 0.25) is 0 Å². The predicted octanol–water partition coefficient (Wildman–Crippen LogP) is 1.70. The molecule has 0 unspecified atom stereocenters. The maximum absolute atomic E-state index is 13.2. The van der Waals surface area contributed by atoms with Gasteiger partial charge in [0.1, 0.15) is 0 Å². The van der Waals surface area contributed by atoms with Crippen LogP contribution in [0.25, 0.3) is 0 Å². The standard InChI is InChI=1S/C15H16F2N4O2S/c16-13-3-2-12(10-14(13)17)24(22,23)20-11-4-8-21(9-5-11)15-18-6-1-7-19-15/h1-3,6-7,10-11,20H,4-5,8-9H2. The van der Waals surface area contributed by atoms with E-state index in [0.29, 0.717) is 37.9 Å². The van der Waals surface area contributed by atoms with Gasteiger partial charge in [-0.1, -0.05) is 0 Å². The second-order valence-electron chi connectivity index (χ2n) is 5.51. The summed E-state index contributed by atoms with van der Waals surface area (Å²) in [4.78, 5) is 10.0. The second-order valence-corrected chi connectivity index (χ2v) is 7.22. The minimum Gasteiger partial charge on any atom is -0.341 e. The van der Waals surface area contributed by atoms with Crippen LogP contribution in [0.4, 0.5) is 14.7 Å². The normalized spacial score (nSPS) is 16.3. The monoisotopic (exact) mass is 354 g/mol. The summed E-state index contributed by atoms with van der Waals surface area (Å²) in [6.45, 7) is 1.21. The third-order valence-corrected chi connectivity index (χ3v) is 5.37. The van der Waals surface area contributed by atoms with Crippen molar-refractivity contribution in [3.8, 4) is 0 Å². The zero-order valence-corrected chi connectivity index (χ0v) is 13.5. The topological polar surface area (TPSA) is 75.2 Å². The van der Waals surface area contributed by atoms with E-state index in [1.54, 1.807) is 18.5 Å². The number of piperidine rings is 1. The summed E-state index contributed by atoms with van der Waals surface area (Å²) in [6.07, 6.45) is 4.45. The Hall–Kier alpha value is -2.13. The van der Waals surface area contributed by atoms with Crippen LogP contribution in [0.5, 0.6) is 0 Å². The number of sulfonamides is 1. The van der Waals surface area contributed by atoms with E-state index in [-0.39, 0.29) is 10.9 Å². The summed E-state index contributed by atoms with van der Waals surface area (Å²) < 4.78 is 53.3. The third kappa shape index (κ3) is 3.68. The van der Waals surface area contributed by atoms with Gasteiger partial charge in [0.05, 0.1) is 4.90 Å². The molecule has 6 nitrogen and oxygen atoms in total. The molecule has 0 radical (unpaired) electrons. The molecule has 0 spiro atoms. The molecule has 1 aromatic carbocycles. The van der Waals surface area contributed by atoms with E-state index in [1.807, 2.05) is 4.90 Å². The van der Waals surface area contributed by atoms with Crippen molar-refractivity contribution in [3.63, 3.8) is 0 Å². The van der Waals surface area contributed by atoms with Gasteiger partial charge in [-0.2, -0.15) is 0 Å². The zero-order chi connectivity index (χ0) is 17.2. The molecule has 2 aromatic rings. The molecule has 9 heteroatoms. The summed E-state index contributed by atoms with van der Waals surface area (Å²) >= 11 is 0. The van der Waals surface area contributed by atoms with Crippen molar-refractivity contribution in [2.24, 2.45) is 0 Å². The molecule has 24 heavy (non-hydrogen) atoms. The van der Waals surface area contributed by atoms with Crippen LogP contribution in [0.1, 0.15) is 12.8 Å². The van der Waals surface area contributed by atoms with E-state index in [4.69, 9.17) is 0 Å². The fourth-order valence-electron chi connectivity index (χ4n) is 2.58. The van der Waals surface area contributed by atoms with Gasteiger partial charge in [0.25, 0.3) is 0 Å². The molecule has 128 valence electrons. The Morgan fingerprint density at radius 3 is 2.38 bits per heavy atom. The van der Waals surface area contributed by atoms with Crippen molar-refractivity contribution >= 4 is 16.0 Å². The molecule has 1 aliphatic rings. The van der Waals surface area contributed by atoms with E-state index < -0.39 is 21.7 Å². The fourth-order valence-corrected chi connectivity index (χ4v) is 3.90. The number of hydrogen-bond donors (Lipinski definition) is 1. The number of halogens is 2. The van der Waals surface area contributed by atoms with Crippen molar-refractivity contribution < 1.29 is 17.2 Å². The van der Waals surface area contributed by atoms with Gasteiger partial charge in [-0.25, -0.2) is 31.9 Å². The lowest BCUT2D eigenvalue weighted by atomic mass is 10.1. The molecule has 1 fully saturated rings. The average molecular weight is 354 g/mol. The maximum atomic E-state index is 13.2. The summed E-state index contributed by atoms with van der Waals surface area (Å²) in [5.74, 6) is -1.65. The first-order valence-corrected chi connectivity index (χ1v) is 8.93. The number of benzene rings is 1. The Balaban J connectivity index is 1.64. The van der Waals surface area contributed by atoms with Gasteiger partial charge in [0.15, 0.2) is 11.6 Å². The van der Waals surface area contributed by atoms with Gasteiger partial charge >= 0.3 is 0 Å². The van der Waals surface area contributed by atoms with Gasteiger partial charge < -0.3 is 4.90 Å². The van der Waals surface area contributed by atoms with Crippen molar-refractivity contribution in [1.82, 2.24) is 14.7 Å². The van der Waals surface area contributed by atoms with Gasteiger partial charge in [-0.3, -0.25) is 0 Å². The van der Waals surface area contributed by atoms with Crippen molar-refractivity contribution in [3.05, 3.63) is 48.3 Å². The Morgan fingerprint density at radius 1 is 1.08 bits per heavy atom. The smallest absolute Gasteiger partial charge is 0.240 e. The van der Waals surface area contributed by atoms with Crippen LogP contribution in [0, 0.1) is 11.6 Å². The van der Waals surface area contributed by atoms with Crippen LogP contribution in [0.3, 0.4) is 0 Å². The average Bonchev–Trinajstić information content (AvgIpc) is 2.58. The largest absolute Gasteiger partial charge is 0.341 e. The van der Waals surface area contributed by atoms with Crippen molar-refractivity contribution in [1.29, 1.82) is 0 Å². The van der Waals surface area contributed by atoms with E-state index >= 15 is 0 Å². The highest BCUT2D eigenvalue weighted by atomic mass is 32.2. The first-order chi connectivity index (χ1) is 11.5. The van der Waals surface area contributed by atoms with Crippen LogP contribution in [-0.4, -0.2) is 37.5 Å². The Morgan fingerprint density at radius 2 is 1.75 bits per heavy atom. The predicted molar refractivity (Wildman–Crippen MR) is 83.9 cm³/mol. The third-order valence-electron chi connectivity index (χ3n) is 3.85. The van der Waals surface area contributed by atoms with Gasteiger partial charge in [-0.15, -0.1) is 0 Å². The quantitative estimate of drug-likeness (QED) is 0.905. The summed E-state index contributed by atoms with van der Waals surface area (Å²) in [6, 6.07) is 3.99. The lowest BCUT2D eigenvalue weighted by Gasteiger charge is -2.32. The Labute approximate surface area is 138 Å². The van der Waals surface area contributed by atoms with E-state index in [1.165, 1.54) is 0 Å². The minimum atomic E-state index is -3.89. The van der Waals surface area contributed by atoms with Crippen LogP contribution >= 0.6 is 0 Å².